The van der Waals surface area contributed by atoms with Crippen molar-refractivity contribution in [1.82, 2.24) is 4.57 Å². The number of nitrogens with zero attached hydrogens (tertiary/aromatic N) is 1. The van der Waals surface area contributed by atoms with E-state index in [1.54, 1.807) is 12.1 Å². The number of hydrogen-bond acceptors (Lipinski definition) is 4. The third kappa shape index (κ3) is 3.83. The van der Waals surface area contributed by atoms with E-state index in [1.165, 1.54) is 6.07 Å². The van der Waals surface area contributed by atoms with Crippen molar-refractivity contribution in [3.8, 4) is 5.69 Å². The molecule has 26 heavy (non-hydrogen) atoms. The number of halogens is 2. The average Bonchev–Trinajstić information content (AvgIpc) is 3.17. The summed E-state index contributed by atoms with van der Waals surface area (Å²) in [7, 11) is 0. The maximum absolute atomic E-state index is 12.5. The molecule has 0 amide bonds. The summed E-state index contributed by atoms with van der Waals surface area (Å²) >= 11 is 6.53. The van der Waals surface area contributed by atoms with Crippen LogP contribution in [-0.4, -0.2) is 22.9 Å². The number of rotatable bonds is 5. The number of hydrogen-bond donors (Lipinski definition) is 0. The number of ether oxygens (including phenoxy) is 1. The van der Waals surface area contributed by atoms with Gasteiger partial charge in [0.2, 0.25) is 11.5 Å². The van der Waals surface area contributed by atoms with E-state index in [4.69, 9.17) is 9.15 Å². The quantitative estimate of drug-likeness (QED) is 0.369. The van der Waals surface area contributed by atoms with Crippen LogP contribution in [0.25, 0.3) is 5.69 Å². The van der Waals surface area contributed by atoms with Gasteiger partial charge in [-0.15, -0.1) is 0 Å². The monoisotopic (exact) mass is 479 g/mol. The van der Waals surface area contributed by atoms with E-state index >= 15 is 0 Å². The molecular weight excluding hydrogens is 466 g/mol. The Morgan fingerprint density at radius 1 is 1.08 bits per heavy atom. The van der Waals surface area contributed by atoms with Gasteiger partial charge in [-0.1, -0.05) is 15.9 Å². The van der Waals surface area contributed by atoms with Crippen LogP contribution in [0.2, 0.25) is 0 Å². The summed E-state index contributed by atoms with van der Waals surface area (Å²) in [4.78, 5) is 24.4. The summed E-state index contributed by atoms with van der Waals surface area (Å²) in [5.74, 6) is -0.892. The van der Waals surface area contributed by atoms with Gasteiger partial charge in [-0.3, -0.25) is 4.79 Å². The first-order chi connectivity index (χ1) is 12.4. The molecule has 0 N–H and O–H groups in total. The average molecular weight is 481 g/mol. The van der Waals surface area contributed by atoms with Crippen LogP contribution in [0.5, 0.6) is 0 Å². The third-order valence-electron chi connectivity index (χ3n) is 3.93. The van der Waals surface area contributed by atoms with E-state index in [1.807, 2.05) is 42.7 Å². The fourth-order valence-corrected chi connectivity index (χ4v) is 3.31. The third-order valence-corrected chi connectivity index (χ3v) is 4.88. The number of esters is 1. The standard InChI is InChI=1S/C19H15Br2NO4/c1-11-9-15(12(2)22(11)14-5-3-13(20)4-6-14)16(23)10-25-19(24)17-7-8-18(21)26-17/h3-9H,10H2,1-2H3. The Morgan fingerprint density at radius 3 is 2.38 bits per heavy atom. The summed E-state index contributed by atoms with van der Waals surface area (Å²) in [5.41, 5.74) is 3.21. The normalized spacial score (nSPS) is 10.8. The topological polar surface area (TPSA) is 61.4 Å². The Bertz CT molecular complexity index is 970. The van der Waals surface area contributed by atoms with Crippen molar-refractivity contribution in [1.29, 1.82) is 0 Å². The molecule has 0 fully saturated rings. The maximum atomic E-state index is 12.5. The molecule has 0 aliphatic heterocycles. The smallest absolute Gasteiger partial charge is 0.374 e. The summed E-state index contributed by atoms with van der Waals surface area (Å²) in [6.07, 6.45) is 0. The number of aromatic nitrogens is 1. The molecule has 0 radical (unpaired) electrons. The first-order valence-electron chi connectivity index (χ1n) is 7.77. The SMILES string of the molecule is Cc1cc(C(=O)COC(=O)c2ccc(Br)o2)c(C)n1-c1ccc(Br)cc1. The van der Waals surface area contributed by atoms with Crippen molar-refractivity contribution in [3.05, 3.63) is 74.3 Å². The minimum absolute atomic E-state index is 0.0463. The zero-order valence-electron chi connectivity index (χ0n) is 14.1. The van der Waals surface area contributed by atoms with Gasteiger partial charge in [0.15, 0.2) is 11.3 Å². The van der Waals surface area contributed by atoms with Crippen LogP contribution in [0, 0.1) is 13.8 Å². The second-order valence-corrected chi connectivity index (χ2v) is 7.40. The molecule has 0 unspecified atom stereocenters. The Morgan fingerprint density at radius 2 is 1.77 bits per heavy atom. The summed E-state index contributed by atoms with van der Waals surface area (Å²) < 4.78 is 13.6. The van der Waals surface area contributed by atoms with E-state index < -0.39 is 5.97 Å². The molecule has 0 bridgehead atoms. The summed E-state index contributed by atoms with van der Waals surface area (Å²) in [6.45, 7) is 3.45. The van der Waals surface area contributed by atoms with Gasteiger partial charge in [-0.25, -0.2) is 4.79 Å². The molecule has 2 heterocycles. The van der Waals surface area contributed by atoms with Crippen molar-refractivity contribution in [3.63, 3.8) is 0 Å². The largest absolute Gasteiger partial charge is 0.451 e. The van der Waals surface area contributed by atoms with Crippen LogP contribution in [0.15, 0.2) is 56.0 Å². The Balaban J connectivity index is 1.77. The van der Waals surface area contributed by atoms with Crippen molar-refractivity contribution in [2.45, 2.75) is 13.8 Å². The minimum Gasteiger partial charge on any atom is -0.451 e. The van der Waals surface area contributed by atoms with Crippen molar-refractivity contribution in [2.75, 3.05) is 6.61 Å². The Kier molecular flexibility index (Phi) is 5.48. The number of Topliss-reactive ketones (excluding diaryl/α,β-unsaturated/α-hetero) is 1. The molecule has 2 aromatic heterocycles. The number of ketones is 1. The molecule has 1 aromatic carbocycles. The number of carbonyl (C=O) groups excluding carboxylic acids is 2. The lowest BCUT2D eigenvalue weighted by atomic mass is 10.1. The maximum Gasteiger partial charge on any atom is 0.374 e. The lowest BCUT2D eigenvalue weighted by Gasteiger charge is -2.10. The zero-order valence-corrected chi connectivity index (χ0v) is 17.3. The van der Waals surface area contributed by atoms with Crippen LogP contribution < -0.4 is 0 Å². The molecule has 0 aliphatic rings. The highest BCUT2D eigenvalue weighted by Gasteiger charge is 2.19. The molecule has 0 saturated heterocycles. The van der Waals surface area contributed by atoms with E-state index in [-0.39, 0.29) is 18.2 Å². The zero-order chi connectivity index (χ0) is 18.8. The molecule has 7 heteroatoms. The molecule has 0 saturated carbocycles. The van der Waals surface area contributed by atoms with Crippen LogP contribution >= 0.6 is 31.9 Å². The predicted octanol–water partition coefficient (Wildman–Crippen LogP) is 5.25. The summed E-state index contributed by atoms with van der Waals surface area (Å²) in [5, 5.41) is 0. The van der Waals surface area contributed by atoms with E-state index in [0.717, 1.165) is 21.5 Å². The van der Waals surface area contributed by atoms with Gasteiger partial charge in [0.25, 0.3) is 0 Å². The number of furan rings is 1. The van der Waals surface area contributed by atoms with Crippen LogP contribution in [0.3, 0.4) is 0 Å². The van der Waals surface area contributed by atoms with Crippen LogP contribution in [-0.2, 0) is 4.74 Å². The second kappa shape index (κ2) is 7.63. The van der Waals surface area contributed by atoms with Gasteiger partial charge in [-0.2, -0.15) is 0 Å². The van der Waals surface area contributed by atoms with Gasteiger partial charge in [0, 0.05) is 27.1 Å². The molecule has 0 spiro atoms. The molecule has 0 aliphatic carbocycles. The highest BCUT2D eigenvalue weighted by atomic mass is 79.9. The van der Waals surface area contributed by atoms with Gasteiger partial charge in [-0.05, 0) is 72.2 Å². The van der Waals surface area contributed by atoms with Crippen LogP contribution in [0.4, 0.5) is 0 Å². The fourth-order valence-electron chi connectivity index (χ4n) is 2.74. The van der Waals surface area contributed by atoms with Gasteiger partial charge in [0.1, 0.15) is 0 Å². The molecule has 3 aromatic rings. The molecule has 3 rings (SSSR count). The Hall–Kier alpha value is -2.12. The van der Waals surface area contributed by atoms with Crippen LogP contribution in [0.1, 0.15) is 32.3 Å². The summed E-state index contributed by atoms with van der Waals surface area (Å²) in [6, 6.07) is 12.7. The lowest BCUT2D eigenvalue weighted by Crippen LogP contribution is -2.14. The predicted molar refractivity (Wildman–Crippen MR) is 104 cm³/mol. The number of benzene rings is 1. The van der Waals surface area contributed by atoms with Crippen molar-refractivity contribution in [2.24, 2.45) is 0 Å². The van der Waals surface area contributed by atoms with E-state index in [2.05, 4.69) is 31.9 Å². The highest BCUT2D eigenvalue weighted by molar-refractivity contribution is 9.10. The minimum atomic E-state index is -0.675. The van der Waals surface area contributed by atoms with E-state index in [0.29, 0.717) is 10.2 Å². The fraction of sp³-hybridized carbons (Fsp3) is 0.158. The van der Waals surface area contributed by atoms with Gasteiger partial charge in [0.05, 0.1) is 0 Å². The first-order valence-corrected chi connectivity index (χ1v) is 9.36. The molecular formula is C19H15Br2NO4. The van der Waals surface area contributed by atoms with Gasteiger partial charge < -0.3 is 13.7 Å². The number of carbonyl (C=O) groups is 2. The Labute approximate surface area is 167 Å². The van der Waals surface area contributed by atoms with E-state index in [9.17, 15) is 9.59 Å². The lowest BCUT2D eigenvalue weighted by molar-refractivity contribution is 0.0442. The highest BCUT2D eigenvalue weighted by Crippen LogP contribution is 2.23. The van der Waals surface area contributed by atoms with Crippen molar-refractivity contribution >= 4 is 43.6 Å². The van der Waals surface area contributed by atoms with Crippen molar-refractivity contribution < 1.29 is 18.7 Å². The number of aryl methyl sites for hydroxylation is 1. The first kappa shape index (κ1) is 18.7. The molecule has 5 nitrogen and oxygen atoms in total. The second-order valence-electron chi connectivity index (χ2n) is 5.70. The molecule has 134 valence electrons. The van der Waals surface area contributed by atoms with Gasteiger partial charge >= 0.3 is 5.97 Å². The molecule has 0 atom stereocenters.